The third kappa shape index (κ3) is 5.47. The summed E-state index contributed by atoms with van der Waals surface area (Å²) in [6, 6.07) is 24.5. The van der Waals surface area contributed by atoms with Crippen molar-refractivity contribution in [2.45, 2.75) is 11.3 Å². The van der Waals surface area contributed by atoms with Gasteiger partial charge in [-0.3, -0.25) is 0 Å². The molecule has 0 bridgehead atoms. The van der Waals surface area contributed by atoms with Crippen molar-refractivity contribution in [2.75, 3.05) is 6.61 Å². The fourth-order valence-corrected chi connectivity index (χ4v) is 3.94. The highest BCUT2D eigenvalue weighted by atomic mass is 35.5. The van der Waals surface area contributed by atoms with Crippen LogP contribution < -0.4 is 4.74 Å². The molecule has 0 aliphatic rings. The number of ether oxygens (including phenoxy) is 1. The Morgan fingerprint density at radius 1 is 0.966 bits per heavy atom. The number of nitrogens with zero attached hydrogens (tertiary/aromatic N) is 1. The lowest BCUT2D eigenvalue weighted by Gasteiger charge is -2.07. The average Bonchev–Trinajstić information content (AvgIpc) is 2.74. The summed E-state index contributed by atoms with van der Waals surface area (Å²) in [5.74, 6) is 0.678. The van der Waals surface area contributed by atoms with Crippen LogP contribution in [0.3, 0.4) is 0 Å². The number of halogens is 1. The summed E-state index contributed by atoms with van der Waals surface area (Å²) in [6.45, 7) is 0.535. The molecular formula is C23H18ClNO3S. The molecule has 3 aromatic carbocycles. The second kappa shape index (κ2) is 9.42. The van der Waals surface area contributed by atoms with Gasteiger partial charge in [0.15, 0.2) is 0 Å². The highest BCUT2D eigenvalue weighted by Crippen LogP contribution is 2.23. The topological polar surface area (TPSA) is 67.2 Å². The predicted octanol–water partition coefficient (Wildman–Crippen LogP) is 5.30. The van der Waals surface area contributed by atoms with Gasteiger partial charge in [0.2, 0.25) is 9.84 Å². The van der Waals surface area contributed by atoms with E-state index >= 15 is 0 Å². The second-order valence-electron chi connectivity index (χ2n) is 6.23. The highest BCUT2D eigenvalue weighted by Gasteiger charge is 2.20. The Balaban J connectivity index is 1.70. The normalized spacial score (nSPS) is 11.7. The maximum atomic E-state index is 12.7. The Hall–Kier alpha value is -3.07. The molecule has 0 aromatic heterocycles. The molecule has 6 heteroatoms. The van der Waals surface area contributed by atoms with Crippen molar-refractivity contribution in [3.05, 3.63) is 99.9 Å². The average molecular weight is 424 g/mol. The number of hydrogen-bond acceptors (Lipinski definition) is 4. The van der Waals surface area contributed by atoms with Crippen LogP contribution in [0.15, 0.2) is 88.7 Å². The molecule has 0 spiro atoms. The Bertz CT molecular complexity index is 1130. The number of hydrogen-bond donors (Lipinski definition) is 0. The summed E-state index contributed by atoms with van der Waals surface area (Å²) in [4.78, 5) is -0.312. The molecule has 0 atom stereocenters. The van der Waals surface area contributed by atoms with E-state index in [-0.39, 0.29) is 9.80 Å². The van der Waals surface area contributed by atoms with E-state index in [2.05, 4.69) is 0 Å². The van der Waals surface area contributed by atoms with Crippen molar-refractivity contribution >= 4 is 27.5 Å². The maximum absolute atomic E-state index is 12.7. The molecule has 0 heterocycles. The van der Waals surface area contributed by atoms with Crippen molar-refractivity contribution in [3.8, 4) is 11.8 Å². The molecule has 0 saturated heterocycles. The van der Waals surface area contributed by atoms with Crippen LogP contribution in [0.4, 0.5) is 0 Å². The van der Waals surface area contributed by atoms with Gasteiger partial charge in [0.25, 0.3) is 0 Å². The minimum Gasteiger partial charge on any atom is -0.493 e. The Morgan fingerprint density at radius 3 is 2.24 bits per heavy atom. The second-order valence-corrected chi connectivity index (χ2v) is 8.59. The minimum atomic E-state index is -3.91. The lowest BCUT2D eigenvalue weighted by atomic mass is 10.2. The van der Waals surface area contributed by atoms with Gasteiger partial charge in [-0.1, -0.05) is 54.1 Å². The zero-order valence-electron chi connectivity index (χ0n) is 15.5. The summed E-state index contributed by atoms with van der Waals surface area (Å²) in [6.07, 6.45) is 2.14. The molecular weight excluding hydrogens is 406 g/mol. The lowest BCUT2D eigenvalue weighted by molar-refractivity contribution is 0.322. The summed E-state index contributed by atoms with van der Waals surface area (Å²) in [5, 5.41) is 9.79. The van der Waals surface area contributed by atoms with Crippen molar-refractivity contribution < 1.29 is 13.2 Å². The molecule has 0 amide bonds. The molecule has 4 nitrogen and oxygen atoms in total. The SMILES string of the molecule is N#CC(=Cc1ccc(OCCc2ccccc2)cc1)S(=O)(=O)c1ccc(Cl)cc1. The fraction of sp³-hybridized carbons (Fsp3) is 0.0870. The van der Waals surface area contributed by atoms with E-state index in [0.717, 1.165) is 6.42 Å². The molecule has 0 saturated carbocycles. The van der Waals surface area contributed by atoms with Crippen LogP contribution in [0.5, 0.6) is 5.75 Å². The lowest BCUT2D eigenvalue weighted by Crippen LogP contribution is -2.03. The van der Waals surface area contributed by atoms with Crippen LogP contribution in [0, 0.1) is 11.3 Å². The first kappa shape index (κ1) is 20.7. The first-order valence-electron chi connectivity index (χ1n) is 8.88. The molecule has 146 valence electrons. The van der Waals surface area contributed by atoms with Crippen LogP contribution in [-0.2, 0) is 16.3 Å². The number of nitriles is 1. The first-order valence-corrected chi connectivity index (χ1v) is 10.7. The Labute approximate surface area is 175 Å². The van der Waals surface area contributed by atoms with E-state index in [1.54, 1.807) is 30.3 Å². The smallest absolute Gasteiger partial charge is 0.216 e. The molecule has 0 fully saturated rings. The fourth-order valence-electron chi connectivity index (χ4n) is 2.65. The first-order chi connectivity index (χ1) is 14.0. The van der Waals surface area contributed by atoms with Crippen LogP contribution in [0.1, 0.15) is 11.1 Å². The molecule has 29 heavy (non-hydrogen) atoms. The number of sulfone groups is 1. The third-order valence-electron chi connectivity index (χ3n) is 4.20. The molecule has 0 N–H and O–H groups in total. The van der Waals surface area contributed by atoms with Crippen LogP contribution in [0.25, 0.3) is 6.08 Å². The maximum Gasteiger partial charge on any atom is 0.216 e. The van der Waals surface area contributed by atoms with E-state index in [1.165, 1.54) is 35.9 Å². The molecule has 3 aromatic rings. The summed E-state index contributed by atoms with van der Waals surface area (Å²) in [5.41, 5.74) is 1.78. The van der Waals surface area contributed by atoms with Crippen molar-refractivity contribution in [1.82, 2.24) is 0 Å². The van der Waals surface area contributed by atoms with Crippen molar-refractivity contribution in [3.63, 3.8) is 0 Å². The van der Waals surface area contributed by atoms with E-state index in [4.69, 9.17) is 16.3 Å². The van der Waals surface area contributed by atoms with Gasteiger partial charge >= 0.3 is 0 Å². The summed E-state index contributed by atoms with van der Waals surface area (Å²) < 4.78 is 31.1. The standard InChI is InChI=1S/C23H18ClNO3S/c24-20-8-12-22(13-9-20)29(26,27)23(17-25)16-19-6-10-21(11-7-19)28-15-14-18-4-2-1-3-5-18/h1-13,16H,14-15H2. The zero-order valence-corrected chi connectivity index (χ0v) is 17.0. The zero-order chi connectivity index (χ0) is 20.7. The van der Waals surface area contributed by atoms with Gasteiger partial charge in [0.1, 0.15) is 16.7 Å². The van der Waals surface area contributed by atoms with Gasteiger partial charge in [-0.15, -0.1) is 0 Å². The van der Waals surface area contributed by atoms with Crippen LogP contribution in [0.2, 0.25) is 5.02 Å². The number of allylic oxidation sites excluding steroid dienone is 1. The highest BCUT2D eigenvalue weighted by molar-refractivity contribution is 7.95. The third-order valence-corrected chi connectivity index (χ3v) is 6.14. The number of benzene rings is 3. The minimum absolute atomic E-state index is 0.0237. The van der Waals surface area contributed by atoms with E-state index in [0.29, 0.717) is 22.9 Å². The van der Waals surface area contributed by atoms with Gasteiger partial charge in [-0.2, -0.15) is 5.26 Å². The molecule has 0 aliphatic heterocycles. The van der Waals surface area contributed by atoms with E-state index < -0.39 is 9.84 Å². The number of rotatable bonds is 7. The van der Waals surface area contributed by atoms with Gasteiger partial charge in [0, 0.05) is 11.4 Å². The molecule has 0 unspecified atom stereocenters. The molecule has 3 rings (SSSR count). The quantitative estimate of drug-likeness (QED) is 0.483. The molecule has 0 aliphatic carbocycles. The predicted molar refractivity (Wildman–Crippen MR) is 114 cm³/mol. The van der Waals surface area contributed by atoms with Crippen molar-refractivity contribution in [1.29, 1.82) is 5.26 Å². The van der Waals surface area contributed by atoms with Gasteiger partial charge in [-0.05, 0) is 53.6 Å². The van der Waals surface area contributed by atoms with Crippen LogP contribution >= 0.6 is 11.6 Å². The van der Waals surface area contributed by atoms with Gasteiger partial charge < -0.3 is 4.74 Å². The van der Waals surface area contributed by atoms with Gasteiger partial charge in [0.05, 0.1) is 11.5 Å². The van der Waals surface area contributed by atoms with E-state index in [1.807, 2.05) is 30.3 Å². The van der Waals surface area contributed by atoms with Crippen LogP contribution in [-0.4, -0.2) is 15.0 Å². The van der Waals surface area contributed by atoms with Crippen molar-refractivity contribution in [2.24, 2.45) is 0 Å². The summed E-state index contributed by atoms with van der Waals surface area (Å²) in [7, 11) is -3.91. The van der Waals surface area contributed by atoms with Gasteiger partial charge in [-0.25, -0.2) is 8.42 Å². The Kier molecular flexibility index (Phi) is 6.71. The Morgan fingerprint density at radius 2 is 1.62 bits per heavy atom. The summed E-state index contributed by atoms with van der Waals surface area (Å²) >= 11 is 5.80. The molecule has 0 radical (unpaired) electrons. The van der Waals surface area contributed by atoms with E-state index in [9.17, 15) is 13.7 Å². The monoisotopic (exact) mass is 423 g/mol. The largest absolute Gasteiger partial charge is 0.493 e.